The van der Waals surface area contributed by atoms with Crippen LogP contribution in [0.25, 0.3) is 0 Å². The summed E-state index contributed by atoms with van der Waals surface area (Å²) in [5, 5.41) is 18.3. The molecule has 2 saturated heterocycles. The highest BCUT2D eigenvalue weighted by molar-refractivity contribution is 6.31. The quantitative estimate of drug-likeness (QED) is 0.170. The van der Waals surface area contributed by atoms with Crippen LogP contribution >= 0.6 is 11.6 Å². The van der Waals surface area contributed by atoms with Crippen LogP contribution in [0.4, 0.5) is 5.82 Å². The lowest BCUT2D eigenvalue weighted by atomic mass is 9.49. The number of nitrogens with zero attached hydrogens (tertiary/aromatic N) is 5. The van der Waals surface area contributed by atoms with Gasteiger partial charge in [0.2, 0.25) is 5.91 Å². The lowest BCUT2D eigenvalue weighted by molar-refractivity contribution is -0.164. The number of ether oxygens (including phenoxy) is 2. The van der Waals surface area contributed by atoms with Crippen molar-refractivity contribution in [1.29, 1.82) is 5.26 Å². The van der Waals surface area contributed by atoms with Crippen molar-refractivity contribution < 1.29 is 23.9 Å². The summed E-state index contributed by atoms with van der Waals surface area (Å²) < 4.78 is 12.7. The van der Waals surface area contributed by atoms with Gasteiger partial charge in [0.1, 0.15) is 47.3 Å². The molecular weight excluding hydrogens is 780 g/mol. The first kappa shape index (κ1) is 42.9. The van der Waals surface area contributed by atoms with Gasteiger partial charge in [-0.05, 0) is 75.8 Å². The first-order valence-electron chi connectivity index (χ1n) is 21.1. The Balaban J connectivity index is 0.854. The molecule has 2 saturated carbocycles. The van der Waals surface area contributed by atoms with Gasteiger partial charge in [-0.15, -0.1) is 0 Å². The van der Waals surface area contributed by atoms with E-state index in [1.807, 2.05) is 12.1 Å². The molecule has 1 atom stereocenters. The second-order valence-electron chi connectivity index (χ2n) is 18.3. The number of benzene rings is 2. The number of piperidine rings is 2. The molecule has 13 nitrogen and oxygen atoms in total. The molecule has 3 N–H and O–H groups in total. The zero-order valence-corrected chi connectivity index (χ0v) is 36.2. The number of anilines is 1. The largest absolute Gasteiger partial charge is 0.490 e. The van der Waals surface area contributed by atoms with Crippen molar-refractivity contribution in [3.63, 3.8) is 0 Å². The maximum Gasteiger partial charge on any atom is 0.271 e. The van der Waals surface area contributed by atoms with E-state index in [4.69, 9.17) is 21.1 Å². The van der Waals surface area contributed by atoms with Crippen LogP contribution in [0.15, 0.2) is 67.1 Å². The number of nitriles is 1. The van der Waals surface area contributed by atoms with Crippen LogP contribution in [0.1, 0.15) is 106 Å². The minimum absolute atomic E-state index is 0.0768. The molecule has 7 rings (SSSR count). The molecule has 3 amide bonds. The third-order valence-electron chi connectivity index (χ3n) is 13.0. The van der Waals surface area contributed by atoms with Crippen LogP contribution in [0.2, 0.25) is 5.02 Å². The van der Waals surface area contributed by atoms with E-state index in [-0.39, 0.29) is 41.7 Å². The van der Waals surface area contributed by atoms with Gasteiger partial charge in [-0.25, -0.2) is 9.97 Å². The molecule has 60 heavy (non-hydrogen) atoms. The summed E-state index contributed by atoms with van der Waals surface area (Å²) in [6.45, 7) is 19.4. The molecule has 0 spiro atoms. The molecular formula is C46H57ClN8O5. The second kappa shape index (κ2) is 17.4. The second-order valence-corrected chi connectivity index (χ2v) is 18.7. The fraction of sp³-hybridized carbons (Fsp3) is 0.522. The number of aromatic nitrogens is 2. The first-order chi connectivity index (χ1) is 28.5. The molecule has 318 valence electrons. The highest BCUT2D eigenvalue weighted by Gasteiger charge is 2.64. The van der Waals surface area contributed by atoms with Gasteiger partial charge in [-0.3, -0.25) is 19.3 Å². The maximum absolute atomic E-state index is 13.4. The Hall–Kier alpha value is -5.19. The van der Waals surface area contributed by atoms with E-state index in [0.717, 1.165) is 51.1 Å². The number of hydrogen-bond acceptors (Lipinski definition) is 10. The Bertz CT molecular complexity index is 2120. The van der Waals surface area contributed by atoms with Crippen molar-refractivity contribution in [2.45, 2.75) is 116 Å². The Kier molecular flexibility index (Phi) is 12.5. The highest BCUT2D eigenvalue weighted by Crippen LogP contribution is 2.55. The number of carbonyl (C=O) groups is 3. The molecule has 2 aromatic carbocycles. The van der Waals surface area contributed by atoms with Crippen molar-refractivity contribution in [2.75, 3.05) is 24.5 Å². The maximum atomic E-state index is 13.4. The molecule has 2 aliphatic carbocycles. The summed E-state index contributed by atoms with van der Waals surface area (Å²) in [5.41, 5.74) is 1.03. The predicted octanol–water partition coefficient (Wildman–Crippen LogP) is 6.67. The summed E-state index contributed by atoms with van der Waals surface area (Å²) in [5.74, 6) is 1.77. The molecule has 3 aromatic rings. The van der Waals surface area contributed by atoms with Crippen LogP contribution in [0.5, 0.6) is 11.5 Å². The topological polar surface area (TPSA) is 162 Å². The zero-order valence-electron chi connectivity index (χ0n) is 35.5. The van der Waals surface area contributed by atoms with Gasteiger partial charge in [-0.2, -0.15) is 5.26 Å². The Morgan fingerprint density at radius 3 is 2.35 bits per heavy atom. The van der Waals surface area contributed by atoms with Gasteiger partial charge >= 0.3 is 0 Å². The number of carbonyl (C=O) groups excluding carboxylic acids is 3. The van der Waals surface area contributed by atoms with Crippen LogP contribution in [0.3, 0.4) is 0 Å². The number of allylic oxidation sites excluding steroid dienone is 1. The van der Waals surface area contributed by atoms with Crippen molar-refractivity contribution in [1.82, 2.24) is 30.8 Å². The number of amides is 3. The van der Waals surface area contributed by atoms with Crippen LogP contribution in [-0.4, -0.2) is 88.6 Å². The zero-order chi connectivity index (χ0) is 42.9. The van der Waals surface area contributed by atoms with Crippen molar-refractivity contribution >= 4 is 35.1 Å². The minimum atomic E-state index is -0.574. The Labute approximate surface area is 358 Å². The first-order valence-corrected chi connectivity index (χ1v) is 21.5. The summed E-state index contributed by atoms with van der Waals surface area (Å²) >= 11 is 6.25. The number of rotatable bonds is 13. The van der Waals surface area contributed by atoms with Crippen LogP contribution in [0, 0.1) is 28.1 Å². The number of nitrogens with one attached hydrogen (secondary N) is 3. The standard InChI is InChI=1S/C46H57ClN8O5/c1-27(2)55(32-20-35(21-32)59-33-10-8-9-30(19-33)40(56)52-37-14-11-28(3)51-41(37)57)26-29-15-17-54(18-16-29)39-25-49-38(24-50-39)42(58)53-43-45(4,5)44(46(43,6)7)60-34-13-12-31(23-48)36(47)22-34/h8-10,12-13,19,22,24-25,27,29,32,35,37,43-44H,3,11,14-18,20-21,26H2,1-2,4-7H3,(H,51,57)(H,52,56)(H,53,58). The van der Waals surface area contributed by atoms with Gasteiger partial charge in [0.15, 0.2) is 0 Å². The van der Waals surface area contributed by atoms with Gasteiger partial charge in [0.05, 0.1) is 23.0 Å². The molecule has 0 radical (unpaired) electrons. The summed E-state index contributed by atoms with van der Waals surface area (Å²) in [6, 6.07) is 14.4. The van der Waals surface area contributed by atoms with Gasteiger partial charge in [0, 0.05) is 78.8 Å². The number of halogens is 1. The average Bonchev–Trinajstić information content (AvgIpc) is 3.20. The fourth-order valence-corrected chi connectivity index (χ4v) is 10.0. The van der Waals surface area contributed by atoms with E-state index < -0.39 is 16.9 Å². The molecule has 4 aliphatic rings. The SMILES string of the molecule is C=C1CCC(NC(=O)c2cccc(OC3CC(N(CC4CCN(c5cnc(C(=O)NC6C(C)(C)C(Oc7ccc(C#N)c(Cl)c7)C6(C)C)cn5)CC4)C(C)C)C3)c2)C(=O)N1. The van der Waals surface area contributed by atoms with E-state index in [0.29, 0.717) is 64.2 Å². The van der Waals surface area contributed by atoms with E-state index in [1.165, 1.54) is 0 Å². The van der Waals surface area contributed by atoms with E-state index >= 15 is 0 Å². The predicted molar refractivity (Wildman–Crippen MR) is 230 cm³/mol. The molecule has 1 aromatic heterocycles. The van der Waals surface area contributed by atoms with E-state index in [1.54, 1.807) is 42.7 Å². The normalized spacial score (nSPS) is 24.7. The summed E-state index contributed by atoms with van der Waals surface area (Å²) in [6.07, 6.45) is 8.24. The molecule has 14 heteroatoms. The van der Waals surface area contributed by atoms with Crippen LogP contribution in [-0.2, 0) is 4.79 Å². The molecule has 4 fully saturated rings. The third kappa shape index (κ3) is 9.10. The molecule has 0 bridgehead atoms. The smallest absolute Gasteiger partial charge is 0.271 e. The van der Waals surface area contributed by atoms with Gasteiger partial charge in [0.25, 0.3) is 11.8 Å². The average molecular weight is 837 g/mol. The van der Waals surface area contributed by atoms with E-state index in [9.17, 15) is 19.6 Å². The van der Waals surface area contributed by atoms with Gasteiger partial charge < -0.3 is 30.3 Å². The van der Waals surface area contributed by atoms with Crippen molar-refractivity contribution in [2.24, 2.45) is 16.7 Å². The molecule has 1 unspecified atom stereocenters. The molecule has 2 aliphatic heterocycles. The van der Waals surface area contributed by atoms with E-state index in [2.05, 4.69) is 89.9 Å². The van der Waals surface area contributed by atoms with Crippen LogP contribution < -0.4 is 30.3 Å². The third-order valence-corrected chi connectivity index (χ3v) is 13.3. The summed E-state index contributed by atoms with van der Waals surface area (Å²) in [7, 11) is 0. The fourth-order valence-electron chi connectivity index (χ4n) is 9.79. The Morgan fingerprint density at radius 2 is 1.72 bits per heavy atom. The minimum Gasteiger partial charge on any atom is -0.490 e. The number of hydrogen-bond donors (Lipinski definition) is 3. The van der Waals surface area contributed by atoms with Gasteiger partial charge in [-0.1, -0.05) is 51.9 Å². The highest BCUT2D eigenvalue weighted by atomic mass is 35.5. The lowest BCUT2D eigenvalue weighted by Crippen LogP contribution is -2.74. The van der Waals surface area contributed by atoms with Crippen molar-refractivity contribution in [3.05, 3.63) is 89.0 Å². The molecule has 3 heterocycles. The summed E-state index contributed by atoms with van der Waals surface area (Å²) in [4.78, 5) is 52.7. The lowest BCUT2D eigenvalue weighted by Gasteiger charge is -2.63. The monoisotopic (exact) mass is 836 g/mol. The Morgan fingerprint density at radius 1 is 1.00 bits per heavy atom. The van der Waals surface area contributed by atoms with Crippen molar-refractivity contribution in [3.8, 4) is 17.6 Å².